The number of hydrogen-bond donors (Lipinski definition) is 1. The normalized spacial score (nSPS) is 18.0. The van der Waals surface area contributed by atoms with Crippen LogP contribution in [-0.4, -0.2) is 40.6 Å². The lowest BCUT2D eigenvalue weighted by atomic mass is 9.94. The largest absolute Gasteiger partial charge is 0.444 e. The Morgan fingerprint density at radius 2 is 2.16 bits per heavy atom. The van der Waals surface area contributed by atoms with Gasteiger partial charge >= 0.3 is 6.09 Å². The maximum Gasteiger partial charge on any atom is 0.410 e. The zero-order valence-corrected chi connectivity index (χ0v) is 16.0. The van der Waals surface area contributed by atoms with Gasteiger partial charge in [0, 0.05) is 25.7 Å². The van der Waals surface area contributed by atoms with Crippen molar-refractivity contribution in [3.8, 4) is 0 Å². The average Bonchev–Trinajstić information content (AvgIpc) is 2.49. The van der Waals surface area contributed by atoms with Gasteiger partial charge in [-0.15, -0.1) is 0 Å². The summed E-state index contributed by atoms with van der Waals surface area (Å²) in [6.07, 6.45) is 3.35. The lowest BCUT2D eigenvalue weighted by molar-refractivity contribution is -0.117. The maximum absolute atomic E-state index is 12.3. The lowest BCUT2D eigenvalue weighted by Gasteiger charge is -2.33. The smallest absolute Gasteiger partial charge is 0.410 e. The van der Waals surface area contributed by atoms with Crippen molar-refractivity contribution in [3.05, 3.63) is 22.8 Å². The van der Waals surface area contributed by atoms with Crippen molar-refractivity contribution in [1.82, 2.24) is 9.88 Å². The lowest BCUT2D eigenvalue weighted by Crippen LogP contribution is -2.43. The molecule has 1 fully saturated rings. The van der Waals surface area contributed by atoms with E-state index < -0.39 is 5.60 Å². The quantitative estimate of drug-likeness (QED) is 0.875. The number of likely N-dealkylation sites (tertiary alicyclic amines) is 1. The van der Waals surface area contributed by atoms with E-state index in [1.807, 2.05) is 27.7 Å². The van der Waals surface area contributed by atoms with Gasteiger partial charge in [0.05, 0.1) is 5.02 Å². The van der Waals surface area contributed by atoms with E-state index in [1.165, 1.54) is 6.20 Å². The van der Waals surface area contributed by atoms with Crippen molar-refractivity contribution in [2.75, 3.05) is 18.4 Å². The molecule has 7 heteroatoms. The SMILES string of the molecule is Cc1cc(NC(=O)CC2CCCN(C(=O)OC(C)(C)C)C2)ncc1Cl. The maximum atomic E-state index is 12.3. The highest BCUT2D eigenvalue weighted by molar-refractivity contribution is 6.31. The number of aromatic nitrogens is 1. The fourth-order valence-corrected chi connectivity index (χ4v) is 2.89. The molecular weight excluding hydrogens is 342 g/mol. The highest BCUT2D eigenvalue weighted by Gasteiger charge is 2.28. The van der Waals surface area contributed by atoms with Gasteiger partial charge in [-0.1, -0.05) is 11.6 Å². The van der Waals surface area contributed by atoms with E-state index in [0.29, 0.717) is 30.4 Å². The molecule has 0 spiro atoms. The monoisotopic (exact) mass is 367 g/mol. The summed E-state index contributed by atoms with van der Waals surface area (Å²) in [4.78, 5) is 30.2. The number of nitrogens with one attached hydrogen (secondary N) is 1. The molecule has 1 unspecified atom stereocenters. The third-order valence-electron chi connectivity index (χ3n) is 3.96. The molecule has 1 aromatic heterocycles. The molecule has 1 atom stereocenters. The van der Waals surface area contributed by atoms with Gasteiger partial charge < -0.3 is 15.0 Å². The Balaban J connectivity index is 1.87. The molecule has 1 aliphatic heterocycles. The second-order valence-corrected chi connectivity index (χ2v) is 7.91. The number of anilines is 1. The van der Waals surface area contributed by atoms with Crippen LogP contribution in [0.25, 0.3) is 0 Å². The van der Waals surface area contributed by atoms with Gasteiger partial charge in [-0.05, 0) is 58.1 Å². The highest BCUT2D eigenvalue weighted by atomic mass is 35.5. The van der Waals surface area contributed by atoms with Crippen molar-refractivity contribution in [1.29, 1.82) is 0 Å². The van der Waals surface area contributed by atoms with Gasteiger partial charge in [0.25, 0.3) is 0 Å². The molecule has 0 aromatic carbocycles. The van der Waals surface area contributed by atoms with E-state index in [-0.39, 0.29) is 17.9 Å². The summed E-state index contributed by atoms with van der Waals surface area (Å²) in [7, 11) is 0. The number of carbonyl (C=O) groups excluding carboxylic acids is 2. The molecule has 2 heterocycles. The standard InChI is InChI=1S/C18H26ClN3O3/c1-12-8-15(20-10-14(12)19)21-16(23)9-13-6-5-7-22(11-13)17(24)25-18(2,3)4/h8,10,13H,5-7,9,11H2,1-4H3,(H,20,21,23). The van der Waals surface area contributed by atoms with Gasteiger partial charge in [0.1, 0.15) is 11.4 Å². The molecule has 1 N–H and O–H groups in total. The van der Waals surface area contributed by atoms with Crippen LogP contribution in [0.3, 0.4) is 0 Å². The summed E-state index contributed by atoms with van der Waals surface area (Å²) in [5, 5.41) is 3.36. The van der Waals surface area contributed by atoms with E-state index in [9.17, 15) is 9.59 Å². The Bertz CT molecular complexity index is 643. The predicted octanol–water partition coefficient (Wildman–Crippen LogP) is 4.02. The van der Waals surface area contributed by atoms with E-state index in [1.54, 1.807) is 11.0 Å². The minimum atomic E-state index is -0.514. The molecule has 6 nitrogen and oxygen atoms in total. The fraction of sp³-hybridized carbons (Fsp3) is 0.611. The summed E-state index contributed by atoms with van der Waals surface area (Å²) in [5.74, 6) is 0.506. The molecule has 2 rings (SSSR count). The first-order valence-corrected chi connectivity index (χ1v) is 8.92. The second kappa shape index (κ2) is 8.04. The van der Waals surface area contributed by atoms with Gasteiger partial charge in [-0.3, -0.25) is 4.79 Å². The number of amides is 2. The summed E-state index contributed by atoms with van der Waals surface area (Å²) >= 11 is 5.94. The van der Waals surface area contributed by atoms with E-state index in [0.717, 1.165) is 18.4 Å². The molecule has 25 heavy (non-hydrogen) atoms. The van der Waals surface area contributed by atoms with Crippen molar-refractivity contribution < 1.29 is 14.3 Å². The van der Waals surface area contributed by atoms with Gasteiger partial charge in [0.15, 0.2) is 0 Å². The summed E-state index contributed by atoms with van der Waals surface area (Å²) in [6, 6.07) is 1.74. The summed E-state index contributed by atoms with van der Waals surface area (Å²) in [5.41, 5.74) is 0.347. The van der Waals surface area contributed by atoms with Crippen LogP contribution in [0.4, 0.5) is 10.6 Å². The Morgan fingerprint density at radius 3 is 2.80 bits per heavy atom. The second-order valence-electron chi connectivity index (χ2n) is 7.51. The van der Waals surface area contributed by atoms with Crippen LogP contribution in [0, 0.1) is 12.8 Å². The first kappa shape index (κ1) is 19.5. The number of halogens is 1. The van der Waals surface area contributed by atoms with Gasteiger partial charge in [-0.25, -0.2) is 9.78 Å². The van der Waals surface area contributed by atoms with E-state index in [4.69, 9.17) is 16.3 Å². The van der Waals surface area contributed by atoms with Crippen molar-refractivity contribution in [2.45, 2.75) is 52.6 Å². The zero-order valence-electron chi connectivity index (χ0n) is 15.3. The average molecular weight is 368 g/mol. The van der Waals surface area contributed by atoms with Crippen molar-refractivity contribution in [3.63, 3.8) is 0 Å². The number of rotatable bonds is 3. The minimum Gasteiger partial charge on any atom is -0.444 e. The van der Waals surface area contributed by atoms with Crippen LogP contribution in [0.15, 0.2) is 12.3 Å². The first-order chi connectivity index (χ1) is 11.6. The van der Waals surface area contributed by atoms with Crippen LogP contribution < -0.4 is 5.32 Å². The molecule has 1 aromatic rings. The third kappa shape index (κ3) is 6.20. The number of pyridine rings is 1. The van der Waals surface area contributed by atoms with Crippen LogP contribution >= 0.6 is 11.6 Å². The van der Waals surface area contributed by atoms with E-state index in [2.05, 4.69) is 10.3 Å². The molecule has 2 amide bonds. The Hall–Kier alpha value is -1.82. The van der Waals surface area contributed by atoms with Crippen molar-refractivity contribution >= 4 is 29.4 Å². The first-order valence-electron chi connectivity index (χ1n) is 8.54. The number of nitrogens with zero attached hydrogens (tertiary/aromatic N) is 2. The summed E-state index contributed by atoms with van der Waals surface area (Å²) in [6.45, 7) is 8.61. The molecule has 1 saturated heterocycles. The number of aryl methyl sites for hydroxylation is 1. The predicted molar refractivity (Wildman–Crippen MR) is 97.8 cm³/mol. The molecule has 138 valence electrons. The van der Waals surface area contributed by atoms with Crippen LogP contribution in [0.2, 0.25) is 5.02 Å². The molecular formula is C18H26ClN3O3. The van der Waals surface area contributed by atoms with E-state index >= 15 is 0 Å². The Labute approximate surface area is 153 Å². The summed E-state index contributed by atoms with van der Waals surface area (Å²) < 4.78 is 5.41. The van der Waals surface area contributed by atoms with Crippen LogP contribution in [-0.2, 0) is 9.53 Å². The topological polar surface area (TPSA) is 71.5 Å². The number of ether oxygens (including phenoxy) is 1. The van der Waals surface area contributed by atoms with Gasteiger partial charge in [0.2, 0.25) is 5.91 Å². The molecule has 0 aliphatic carbocycles. The molecule has 0 bridgehead atoms. The molecule has 1 aliphatic rings. The molecule has 0 saturated carbocycles. The number of piperidine rings is 1. The Morgan fingerprint density at radius 1 is 1.44 bits per heavy atom. The highest BCUT2D eigenvalue weighted by Crippen LogP contribution is 2.23. The van der Waals surface area contributed by atoms with Gasteiger partial charge in [-0.2, -0.15) is 0 Å². The van der Waals surface area contributed by atoms with Crippen LogP contribution in [0.5, 0.6) is 0 Å². The fourth-order valence-electron chi connectivity index (χ4n) is 2.79. The van der Waals surface area contributed by atoms with Crippen LogP contribution in [0.1, 0.15) is 45.6 Å². The number of hydrogen-bond acceptors (Lipinski definition) is 4. The minimum absolute atomic E-state index is 0.106. The number of carbonyl (C=O) groups is 2. The Kier molecular flexibility index (Phi) is 6.27. The van der Waals surface area contributed by atoms with Crippen molar-refractivity contribution in [2.24, 2.45) is 5.92 Å². The molecule has 0 radical (unpaired) electrons. The zero-order chi connectivity index (χ0) is 18.6. The third-order valence-corrected chi connectivity index (χ3v) is 4.35.